The number of nitrogens with one attached hydrogen (secondary N) is 2. The highest BCUT2D eigenvalue weighted by molar-refractivity contribution is 9.10. The first-order valence-corrected chi connectivity index (χ1v) is 7.45. The van der Waals surface area contributed by atoms with Crippen molar-refractivity contribution in [3.8, 4) is 0 Å². The van der Waals surface area contributed by atoms with Crippen LogP contribution in [-0.2, 0) is 17.8 Å². The molecule has 110 valence electrons. The Bertz CT molecular complexity index is 705. The third kappa shape index (κ3) is 4.29. The van der Waals surface area contributed by atoms with E-state index in [0.717, 1.165) is 21.3 Å². The second kappa shape index (κ2) is 6.72. The molecular formula is C16H17BrN2O2. The molecule has 0 fully saturated rings. The maximum Gasteiger partial charge on any atom is 0.253 e. The summed E-state index contributed by atoms with van der Waals surface area (Å²) in [7, 11) is 0. The number of hydrogen-bond acceptors (Lipinski definition) is 2. The molecular weight excluding hydrogens is 332 g/mol. The van der Waals surface area contributed by atoms with Gasteiger partial charge >= 0.3 is 0 Å². The molecule has 1 amide bonds. The average Bonchev–Trinajstić information content (AvgIpc) is 2.40. The molecule has 1 aromatic carbocycles. The van der Waals surface area contributed by atoms with Gasteiger partial charge in [-0.15, -0.1) is 0 Å². The second-order valence-electron chi connectivity index (χ2n) is 5.02. The minimum Gasteiger partial charge on any atom is -0.352 e. The third-order valence-corrected chi connectivity index (χ3v) is 3.76. The third-order valence-electron chi connectivity index (χ3n) is 3.23. The zero-order chi connectivity index (χ0) is 15.4. The van der Waals surface area contributed by atoms with E-state index < -0.39 is 0 Å². The van der Waals surface area contributed by atoms with E-state index in [-0.39, 0.29) is 18.0 Å². The number of aryl methyl sites for hydroxylation is 2. The van der Waals surface area contributed by atoms with Crippen LogP contribution in [0.1, 0.15) is 22.4 Å². The Morgan fingerprint density at radius 3 is 2.52 bits per heavy atom. The summed E-state index contributed by atoms with van der Waals surface area (Å²) in [6, 6.07) is 9.49. The van der Waals surface area contributed by atoms with Crippen molar-refractivity contribution in [2.24, 2.45) is 0 Å². The van der Waals surface area contributed by atoms with E-state index in [9.17, 15) is 9.59 Å². The van der Waals surface area contributed by atoms with Crippen LogP contribution in [0.25, 0.3) is 0 Å². The number of H-pyrrole nitrogens is 1. The van der Waals surface area contributed by atoms with Crippen molar-refractivity contribution in [1.82, 2.24) is 10.3 Å². The summed E-state index contributed by atoms with van der Waals surface area (Å²) in [5.41, 5.74) is 3.11. The monoisotopic (exact) mass is 348 g/mol. The first-order valence-electron chi connectivity index (χ1n) is 6.66. The van der Waals surface area contributed by atoms with Crippen LogP contribution >= 0.6 is 15.9 Å². The van der Waals surface area contributed by atoms with E-state index in [1.165, 1.54) is 0 Å². The molecule has 21 heavy (non-hydrogen) atoms. The molecule has 2 rings (SSSR count). The van der Waals surface area contributed by atoms with Crippen LogP contribution in [0, 0.1) is 13.8 Å². The molecule has 2 N–H and O–H groups in total. The fraction of sp³-hybridized carbons (Fsp3) is 0.250. The van der Waals surface area contributed by atoms with Crippen LogP contribution < -0.4 is 10.9 Å². The zero-order valence-corrected chi connectivity index (χ0v) is 13.6. The summed E-state index contributed by atoms with van der Waals surface area (Å²) in [6.07, 6.45) is 0.302. The number of benzene rings is 1. The van der Waals surface area contributed by atoms with Gasteiger partial charge in [0.15, 0.2) is 0 Å². The van der Waals surface area contributed by atoms with Gasteiger partial charge < -0.3 is 10.3 Å². The van der Waals surface area contributed by atoms with Crippen LogP contribution in [0.4, 0.5) is 0 Å². The highest BCUT2D eigenvalue weighted by Crippen LogP contribution is 2.11. The Morgan fingerprint density at radius 2 is 1.90 bits per heavy atom. The highest BCUT2D eigenvalue weighted by Gasteiger charge is 2.08. The molecule has 0 unspecified atom stereocenters. The first kappa shape index (κ1) is 15.5. The number of halogens is 1. The number of amides is 1. The fourth-order valence-electron chi connectivity index (χ4n) is 2.14. The number of aromatic nitrogens is 1. The summed E-state index contributed by atoms with van der Waals surface area (Å²) in [5.74, 6) is -0.100. The van der Waals surface area contributed by atoms with Crippen molar-refractivity contribution in [2.75, 3.05) is 0 Å². The molecule has 2 aromatic rings. The lowest BCUT2D eigenvalue weighted by molar-refractivity contribution is -0.120. The topological polar surface area (TPSA) is 62.0 Å². The van der Waals surface area contributed by atoms with Gasteiger partial charge in [-0.2, -0.15) is 0 Å². The van der Waals surface area contributed by atoms with Crippen LogP contribution in [-0.4, -0.2) is 10.9 Å². The van der Waals surface area contributed by atoms with Gasteiger partial charge in [0.25, 0.3) is 5.56 Å². The molecule has 4 nitrogen and oxygen atoms in total. The second-order valence-corrected chi connectivity index (χ2v) is 5.94. The Morgan fingerprint density at radius 1 is 1.24 bits per heavy atom. The van der Waals surface area contributed by atoms with E-state index >= 15 is 0 Å². The van der Waals surface area contributed by atoms with Gasteiger partial charge in [-0.05, 0) is 43.2 Å². The van der Waals surface area contributed by atoms with E-state index in [0.29, 0.717) is 12.0 Å². The van der Waals surface area contributed by atoms with Gasteiger partial charge in [0.1, 0.15) is 0 Å². The van der Waals surface area contributed by atoms with E-state index in [2.05, 4.69) is 26.2 Å². The Labute approximate surface area is 131 Å². The molecule has 1 aromatic heterocycles. The van der Waals surface area contributed by atoms with Gasteiger partial charge in [0, 0.05) is 22.3 Å². The van der Waals surface area contributed by atoms with Crippen molar-refractivity contribution in [2.45, 2.75) is 26.8 Å². The number of pyridine rings is 1. The Kier molecular flexibility index (Phi) is 4.96. The molecule has 1 heterocycles. The predicted molar refractivity (Wildman–Crippen MR) is 86.2 cm³/mol. The summed E-state index contributed by atoms with van der Waals surface area (Å²) in [4.78, 5) is 26.5. The molecule has 0 aliphatic carbocycles. The maximum absolute atomic E-state index is 11.9. The van der Waals surface area contributed by atoms with Gasteiger partial charge in [-0.3, -0.25) is 9.59 Å². The van der Waals surface area contributed by atoms with Crippen molar-refractivity contribution in [1.29, 1.82) is 0 Å². The molecule has 0 spiro atoms. The van der Waals surface area contributed by atoms with Gasteiger partial charge in [0.2, 0.25) is 5.91 Å². The van der Waals surface area contributed by atoms with Gasteiger partial charge in [0.05, 0.1) is 6.42 Å². The summed E-state index contributed by atoms with van der Waals surface area (Å²) >= 11 is 3.36. The first-order chi connectivity index (χ1) is 9.95. The number of carbonyl (C=O) groups is 1. The highest BCUT2D eigenvalue weighted by atomic mass is 79.9. The number of aromatic amines is 1. The predicted octanol–water partition coefficient (Wildman–Crippen LogP) is 2.61. The molecule has 0 saturated heterocycles. The van der Waals surface area contributed by atoms with Crippen LogP contribution in [0.2, 0.25) is 0 Å². The normalized spacial score (nSPS) is 10.4. The lowest BCUT2D eigenvalue weighted by Gasteiger charge is -2.08. The zero-order valence-electron chi connectivity index (χ0n) is 12.0. The fourth-order valence-corrected chi connectivity index (χ4v) is 2.40. The van der Waals surface area contributed by atoms with E-state index in [1.807, 2.05) is 44.2 Å². The summed E-state index contributed by atoms with van der Waals surface area (Å²) in [6.45, 7) is 3.96. The van der Waals surface area contributed by atoms with Crippen molar-refractivity contribution in [3.63, 3.8) is 0 Å². The standard InChI is InChI=1S/C16H17BrN2O2/c1-10-7-11(2)19-16(21)14(10)9-18-15(20)8-12-3-5-13(17)6-4-12/h3-7H,8-9H2,1-2H3,(H,18,20)(H,19,21). The van der Waals surface area contributed by atoms with Gasteiger partial charge in [-0.1, -0.05) is 28.1 Å². The lowest BCUT2D eigenvalue weighted by atomic mass is 10.1. The molecule has 0 aliphatic rings. The Hall–Kier alpha value is -1.88. The van der Waals surface area contributed by atoms with Gasteiger partial charge in [-0.25, -0.2) is 0 Å². The molecule has 0 bridgehead atoms. The van der Waals surface area contributed by atoms with Crippen molar-refractivity contribution >= 4 is 21.8 Å². The van der Waals surface area contributed by atoms with E-state index in [1.54, 1.807) is 0 Å². The summed E-state index contributed by atoms with van der Waals surface area (Å²) < 4.78 is 0.980. The minimum atomic E-state index is -0.142. The van der Waals surface area contributed by atoms with Crippen molar-refractivity contribution < 1.29 is 4.79 Å². The summed E-state index contributed by atoms with van der Waals surface area (Å²) in [5, 5.41) is 2.79. The molecule has 0 atom stereocenters. The Balaban J connectivity index is 1.98. The van der Waals surface area contributed by atoms with E-state index in [4.69, 9.17) is 0 Å². The number of rotatable bonds is 4. The van der Waals surface area contributed by atoms with Crippen LogP contribution in [0.3, 0.4) is 0 Å². The SMILES string of the molecule is Cc1cc(C)c(CNC(=O)Cc2ccc(Br)cc2)c(=O)[nH]1. The average molecular weight is 349 g/mol. The van der Waals surface area contributed by atoms with Crippen LogP contribution in [0.5, 0.6) is 0 Å². The minimum absolute atomic E-state index is 0.100. The molecule has 0 saturated carbocycles. The largest absolute Gasteiger partial charge is 0.352 e. The van der Waals surface area contributed by atoms with Crippen molar-refractivity contribution in [3.05, 3.63) is 67.5 Å². The van der Waals surface area contributed by atoms with Crippen LogP contribution in [0.15, 0.2) is 39.6 Å². The smallest absolute Gasteiger partial charge is 0.253 e. The quantitative estimate of drug-likeness (QED) is 0.891. The number of carbonyl (C=O) groups excluding carboxylic acids is 1. The maximum atomic E-state index is 11.9. The number of hydrogen-bond donors (Lipinski definition) is 2. The molecule has 0 aliphatic heterocycles. The lowest BCUT2D eigenvalue weighted by Crippen LogP contribution is -2.29. The molecule has 0 radical (unpaired) electrons. The molecule has 5 heteroatoms.